The monoisotopic (exact) mass is 338 g/mol. The minimum Gasteiger partial charge on any atom is -0.388 e. The number of hydrogen-bond acceptors (Lipinski definition) is 1. The van der Waals surface area contributed by atoms with Crippen LogP contribution in [-0.2, 0) is 0 Å². The molecule has 0 fully saturated rings. The molecule has 0 saturated carbocycles. The molecule has 0 amide bonds. The maximum Gasteiger partial charge on any atom is 0.0856 e. The molecule has 3 aromatic carbocycles. The van der Waals surface area contributed by atoms with E-state index in [2.05, 4.69) is 54.6 Å². The summed E-state index contributed by atoms with van der Waals surface area (Å²) in [5.41, 5.74) is 5.65. The highest BCUT2D eigenvalue weighted by molar-refractivity contribution is 5.75. The molecule has 0 spiro atoms. The van der Waals surface area contributed by atoms with Crippen molar-refractivity contribution in [3.63, 3.8) is 0 Å². The second-order valence-corrected chi connectivity index (χ2v) is 6.73. The Balaban J connectivity index is 1.61. The molecule has 0 aliphatic heterocycles. The molecule has 2 unspecified atom stereocenters. The van der Waals surface area contributed by atoms with E-state index in [1.54, 1.807) is 0 Å². The van der Waals surface area contributed by atoms with Gasteiger partial charge in [0.15, 0.2) is 0 Å². The van der Waals surface area contributed by atoms with Gasteiger partial charge in [-0.05, 0) is 40.3 Å². The largest absolute Gasteiger partial charge is 0.388 e. The van der Waals surface area contributed by atoms with Crippen molar-refractivity contribution >= 4 is 5.57 Å². The van der Waals surface area contributed by atoms with Crippen molar-refractivity contribution in [3.8, 4) is 11.1 Å². The summed E-state index contributed by atoms with van der Waals surface area (Å²) >= 11 is 0. The second kappa shape index (κ2) is 7.55. The minimum atomic E-state index is -0.512. The maximum absolute atomic E-state index is 11.0. The standard InChI is InChI=1S/C25H22O/c26-25(23-15-7-13-21(17-23)19-9-3-1-4-10-19)24-16-8-14-22(18-24)20-11-5-2-6-12-20/h1-15,17-18,24-26H,16H2. The summed E-state index contributed by atoms with van der Waals surface area (Å²) in [6.07, 6.45) is 6.86. The first-order chi connectivity index (χ1) is 12.8. The highest BCUT2D eigenvalue weighted by Gasteiger charge is 2.21. The Hall–Kier alpha value is -2.90. The molecular formula is C25H22O. The Morgan fingerprint density at radius 2 is 1.38 bits per heavy atom. The SMILES string of the molecule is OC(c1cccc(-c2ccccc2)c1)C1C=C(c2ccccc2)C=CC1. The molecule has 3 aromatic rings. The molecule has 1 heteroatoms. The molecule has 4 rings (SSSR count). The number of hydrogen-bond donors (Lipinski definition) is 1. The Bertz CT molecular complexity index is 923. The van der Waals surface area contributed by atoms with Crippen LogP contribution in [-0.4, -0.2) is 5.11 Å². The lowest BCUT2D eigenvalue weighted by Crippen LogP contribution is -2.12. The van der Waals surface area contributed by atoms with Crippen LogP contribution in [0.25, 0.3) is 16.7 Å². The Morgan fingerprint density at radius 1 is 0.731 bits per heavy atom. The molecule has 1 aliphatic carbocycles. The molecule has 2 atom stereocenters. The lowest BCUT2D eigenvalue weighted by atomic mass is 9.85. The van der Waals surface area contributed by atoms with E-state index in [4.69, 9.17) is 0 Å². The maximum atomic E-state index is 11.0. The quantitative estimate of drug-likeness (QED) is 0.614. The van der Waals surface area contributed by atoms with Gasteiger partial charge in [-0.15, -0.1) is 0 Å². The average molecular weight is 338 g/mol. The van der Waals surface area contributed by atoms with Crippen molar-refractivity contribution < 1.29 is 5.11 Å². The van der Waals surface area contributed by atoms with Gasteiger partial charge in [0.05, 0.1) is 6.10 Å². The van der Waals surface area contributed by atoms with Gasteiger partial charge in [0.25, 0.3) is 0 Å². The molecule has 128 valence electrons. The topological polar surface area (TPSA) is 20.2 Å². The van der Waals surface area contributed by atoms with E-state index in [0.29, 0.717) is 0 Å². The van der Waals surface area contributed by atoms with E-state index in [0.717, 1.165) is 17.5 Å². The minimum absolute atomic E-state index is 0.0845. The zero-order chi connectivity index (χ0) is 17.8. The summed E-state index contributed by atoms with van der Waals surface area (Å²) in [6, 6.07) is 28.9. The second-order valence-electron chi connectivity index (χ2n) is 6.73. The van der Waals surface area contributed by atoms with Crippen LogP contribution in [0.5, 0.6) is 0 Å². The molecule has 0 saturated heterocycles. The molecule has 0 heterocycles. The van der Waals surface area contributed by atoms with Gasteiger partial charge in [-0.2, -0.15) is 0 Å². The van der Waals surface area contributed by atoms with Crippen molar-refractivity contribution in [1.29, 1.82) is 0 Å². The number of rotatable bonds is 4. The van der Waals surface area contributed by atoms with Crippen LogP contribution >= 0.6 is 0 Å². The van der Waals surface area contributed by atoms with E-state index in [-0.39, 0.29) is 5.92 Å². The Kier molecular flexibility index (Phi) is 4.81. The van der Waals surface area contributed by atoms with Crippen LogP contribution < -0.4 is 0 Å². The predicted molar refractivity (Wildman–Crippen MR) is 109 cm³/mol. The lowest BCUT2D eigenvalue weighted by molar-refractivity contribution is 0.132. The summed E-state index contributed by atoms with van der Waals surface area (Å²) < 4.78 is 0. The van der Waals surface area contributed by atoms with Gasteiger partial charge >= 0.3 is 0 Å². The smallest absolute Gasteiger partial charge is 0.0856 e. The zero-order valence-corrected chi connectivity index (χ0v) is 14.6. The number of benzene rings is 3. The van der Waals surface area contributed by atoms with Crippen LogP contribution in [0.4, 0.5) is 0 Å². The molecule has 0 aromatic heterocycles. The summed E-state index contributed by atoms with van der Waals surface area (Å²) in [5, 5.41) is 11.0. The summed E-state index contributed by atoms with van der Waals surface area (Å²) in [6.45, 7) is 0. The summed E-state index contributed by atoms with van der Waals surface area (Å²) in [4.78, 5) is 0. The normalized spacial score (nSPS) is 17.6. The van der Waals surface area contributed by atoms with Crippen LogP contribution in [0.2, 0.25) is 0 Å². The van der Waals surface area contributed by atoms with Gasteiger partial charge in [0.2, 0.25) is 0 Å². The van der Waals surface area contributed by atoms with Crippen LogP contribution in [0.15, 0.2) is 103 Å². The summed E-state index contributed by atoms with van der Waals surface area (Å²) in [5.74, 6) is 0.0845. The highest BCUT2D eigenvalue weighted by atomic mass is 16.3. The van der Waals surface area contributed by atoms with Crippen molar-refractivity contribution in [3.05, 3.63) is 114 Å². The highest BCUT2D eigenvalue weighted by Crippen LogP contribution is 2.34. The molecule has 1 aliphatic rings. The third kappa shape index (κ3) is 3.54. The first-order valence-corrected chi connectivity index (χ1v) is 9.08. The summed E-state index contributed by atoms with van der Waals surface area (Å²) in [7, 11) is 0. The van der Waals surface area contributed by atoms with Gasteiger partial charge in [-0.3, -0.25) is 0 Å². The van der Waals surface area contributed by atoms with Crippen molar-refractivity contribution in [2.75, 3.05) is 0 Å². The number of aliphatic hydroxyl groups is 1. The number of aliphatic hydroxyl groups excluding tert-OH is 1. The molecule has 1 nitrogen and oxygen atoms in total. The lowest BCUT2D eigenvalue weighted by Gasteiger charge is -2.23. The van der Waals surface area contributed by atoms with E-state index in [9.17, 15) is 5.11 Å². The number of allylic oxidation sites excluding steroid dienone is 3. The van der Waals surface area contributed by atoms with Crippen LogP contribution in [0.1, 0.15) is 23.7 Å². The Morgan fingerprint density at radius 3 is 2.12 bits per heavy atom. The average Bonchev–Trinajstić information content (AvgIpc) is 2.75. The van der Waals surface area contributed by atoms with Crippen molar-refractivity contribution in [1.82, 2.24) is 0 Å². The zero-order valence-electron chi connectivity index (χ0n) is 14.6. The van der Waals surface area contributed by atoms with Gasteiger partial charge < -0.3 is 5.11 Å². The fourth-order valence-electron chi connectivity index (χ4n) is 3.53. The third-order valence-corrected chi connectivity index (χ3v) is 4.95. The van der Waals surface area contributed by atoms with E-state index in [1.807, 2.05) is 48.5 Å². The van der Waals surface area contributed by atoms with Gasteiger partial charge in [0.1, 0.15) is 0 Å². The van der Waals surface area contributed by atoms with Crippen molar-refractivity contribution in [2.24, 2.45) is 5.92 Å². The van der Waals surface area contributed by atoms with Crippen molar-refractivity contribution in [2.45, 2.75) is 12.5 Å². The first-order valence-electron chi connectivity index (χ1n) is 9.08. The van der Waals surface area contributed by atoms with Crippen LogP contribution in [0.3, 0.4) is 0 Å². The molecule has 0 bridgehead atoms. The molecular weight excluding hydrogens is 316 g/mol. The van der Waals surface area contributed by atoms with E-state index < -0.39 is 6.10 Å². The Labute approximate surface area is 155 Å². The first kappa shape index (κ1) is 16.6. The molecule has 0 radical (unpaired) electrons. The molecule has 1 N–H and O–H groups in total. The van der Waals surface area contributed by atoms with Gasteiger partial charge in [-0.1, -0.05) is 97.1 Å². The fraction of sp³-hybridized carbons (Fsp3) is 0.120. The van der Waals surface area contributed by atoms with Gasteiger partial charge in [0, 0.05) is 5.92 Å². The van der Waals surface area contributed by atoms with E-state index >= 15 is 0 Å². The third-order valence-electron chi connectivity index (χ3n) is 4.95. The van der Waals surface area contributed by atoms with Crippen LogP contribution in [0, 0.1) is 5.92 Å². The predicted octanol–water partition coefficient (Wildman–Crippen LogP) is 6.05. The van der Waals surface area contributed by atoms with Gasteiger partial charge in [-0.25, -0.2) is 0 Å². The van der Waals surface area contributed by atoms with E-state index in [1.165, 1.54) is 16.7 Å². The fourth-order valence-corrected chi connectivity index (χ4v) is 3.53. The molecule has 26 heavy (non-hydrogen) atoms.